The summed E-state index contributed by atoms with van der Waals surface area (Å²) in [6.45, 7) is 0.0268. The average molecular weight is 366 g/mol. The van der Waals surface area contributed by atoms with E-state index in [-0.39, 0.29) is 12.4 Å². The number of aryl methyl sites for hydroxylation is 2. The number of fused-ring (bicyclic) bond motifs is 1. The van der Waals surface area contributed by atoms with Crippen LogP contribution in [0.5, 0.6) is 5.75 Å². The first-order valence-corrected chi connectivity index (χ1v) is 8.03. The third-order valence-corrected chi connectivity index (χ3v) is 4.53. The number of Topliss-reactive ketones (excluding diaryl/α,β-unsaturated/α-hetero) is 1. The molecule has 0 saturated carbocycles. The van der Waals surface area contributed by atoms with E-state index in [1.807, 2.05) is 12.1 Å². The summed E-state index contributed by atoms with van der Waals surface area (Å²) in [5, 5.41) is 0.624. The van der Waals surface area contributed by atoms with Crippen LogP contribution in [0.25, 0.3) is 0 Å². The molecule has 0 amide bonds. The molecule has 2 nitrogen and oxygen atoms in total. The van der Waals surface area contributed by atoms with Crippen molar-refractivity contribution in [2.24, 2.45) is 0 Å². The summed E-state index contributed by atoms with van der Waals surface area (Å²) in [7, 11) is 0. The topological polar surface area (TPSA) is 26.3 Å². The van der Waals surface area contributed by atoms with Gasteiger partial charge in [-0.25, -0.2) is 0 Å². The van der Waals surface area contributed by atoms with E-state index in [1.54, 1.807) is 18.2 Å². The van der Waals surface area contributed by atoms with Crippen molar-refractivity contribution >= 4 is 33.3 Å². The molecule has 1 aliphatic carbocycles. The minimum absolute atomic E-state index is 0.00782. The smallest absolute Gasteiger partial charge is 0.200 e. The fourth-order valence-electron chi connectivity index (χ4n) is 2.56. The summed E-state index contributed by atoms with van der Waals surface area (Å²) in [5.74, 6) is 0.612. The van der Waals surface area contributed by atoms with Crippen molar-refractivity contribution in [3.63, 3.8) is 0 Å². The molecule has 2 aromatic carbocycles. The molecule has 0 bridgehead atoms. The Bertz CT molecular complexity index is 697. The Labute approximate surface area is 137 Å². The van der Waals surface area contributed by atoms with Crippen LogP contribution < -0.4 is 4.74 Å². The van der Waals surface area contributed by atoms with Gasteiger partial charge in [-0.15, -0.1) is 0 Å². The average Bonchev–Trinajstić information content (AvgIpc) is 2.93. The van der Waals surface area contributed by atoms with Gasteiger partial charge < -0.3 is 4.74 Å². The lowest BCUT2D eigenvalue weighted by molar-refractivity contribution is 0.0921. The molecule has 1 aliphatic rings. The van der Waals surface area contributed by atoms with Crippen molar-refractivity contribution in [2.75, 3.05) is 6.61 Å². The Morgan fingerprint density at radius 2 is 1.95 bits per heavy atom. The minimum Gasteiger partial charge on any atom is -0.484 e. The minimum atomic E-state index is -0.00782. The molecule has 4 heteroatoms. The van der Waals surface area contributed by atoms with Crippen LogP contribution in [0, 0.1) is 0 Å². The Hall–Kier alpha value is -1.32. The highest BCUT2D eigenvalue weighted by Gasteiger charge is 2.14. The lowest BCUT2D eigenvalue weighted by Gasteiger charge is -2.09. The fraction of sp³-hybridized carbons (Fsp3) is 0.235. The molecule has 0 N–H and O–H groups in total. The van der Waals surface area contributed by atoms with Crippen LogP contribution in [0.1, 0.15) is 27.9 Å². The number of halogens is 2. The van der Waals surface area contributed by atoms with E-state index < -0.39 is 0 Å². The van der Waals surface area contributed by atoms with Gasteiger partial charge >= 0.3 is 0 Å². The van der Waals surface area contributed by atoms with Gasteiger partial charge in [0.25, 0.3) is 0 Å². The van der Waals surface area contributed by atoms with Crippen molar-refractivity contribution in [1.29, 1.82) is 0 Å². The van der Waals surface area contributed by atoms with Gasteiger partial charge in [0.15, 0.2) is 12.4 Å². The maximum absolute atomic E-state index is 12.2. The first-order chi connectivity index (χ1) is 10.1. The molecule has 0 unspecified atom stereocenters. The second-order valence-electron chi connectivity index (χ2n) is 5.12. The number of benzene rings is 2. The van der Waals surface area contributed by atoms with Crippen LogP contribution in [0.2, 0.25) is 5.02 Å². The molecule has 0 saturated heterocycles. The predicted octanol–water partition coefficient (Wildman–Crippen LogP) is 4.85. The van der Waals surface area contributed by atoms with E-state index >= 15 is 0 Å². The summed E-state index contributed by atoms with van der Waals surface area (Å²) in [5.41, 5.74) is 3.39. The van der Waals surface area contributed by atoms with Crippen molar-refractivity contribution in [2.45, 2.75) is 19.3 Å². The van der Waals surface area contributed by atoms with E-state index in [4.69, 9.17) is 16.3 Å². The maximum atomic E-state index is 12.2. The summed E-state index contributed by atoms with van der Waals surface area (Å²) in [4.78, 5) is 12.2. The van der Waals surface area contributed by atoms with E-state index in [1.165, 1.54) is 17.5 Å². The maximum Gasteiger partial charge on any atom is 0.200 e. The second-order valence-corrected chi connectivity index (χ2v) is 6.41. The molecule has 2 aromatic rings. The van der Waals surface area contributed by atoms with Crippen molar-refractivity contribution in [3.05, 3.63) is 62.6 Å². The molecule has 0 radical (unpaired) electrons. The van der Waals surface area contributed by atoms with Gasteiger partial charge in [-0.3, -0.25) is 4.79 Å². The van der Waals surface area contributed by atoms with Gasteiger partial charge in [-0.2, -0.15) is 0 Å². The molecule has 3 rings (SSSR count). The highest BCUT2D eigenvalue weighted by atomic mass is 79.9. The number of ether oxygens (including phenoxy) is 1. The van der Waals surface area contributed by atoms with Crippen LogP contribution in [0.4, 0.5) is 0 Å². The third kappa shape index (κ3) is 3.30. The Kier molecular flexibility index (Phi) is 4.32. The van der Waals surface area contributed by atoms with Crippen molar-refractivity contribution in [3.8, 4) is 5.75 Å². The predicted molar refractivity (Wildman–Crippen MR) is 87.4 cm³/mol. The van der Waals surface area contributed by atoms with Crippen molar-refractivity contribution < 1.29 is 9.53 Å². The SMILES string of the molecule is O=C(COc1ccc(Cl)cc1Br)c1ccc2c(c1)CCC2. The lowest BCUT2D eigenvalue weighted by atomic mass is 10.0. The summed E-state index contributed by atoms with van der Waals surface area (Å²) in [6, 6.07) is 11.2. The molecular formula is C17H14BrClO2. The van der Waals surface area contributed by atoms with Crippen LogP contribution in [-0.4, -0.2) is 12.4 Å². The highest BCUT2D eigenvalue weighted by molar-refractivity contribution is 9.10. The van der Waals surface area contributed by atoms with Crippen molar-refractivity contribution in [1.82, 2.24) is 0 Å². The van der Waals surface area contributed by atoms with E-state index in [2.05, 4.69) is 22.0 Å². The Morgan fingerprint density at radius 1 is 1.14 bits per heavy atom. The zero-order valence-corrected chi connectivity index (χ0v) is 13.7. The molecule has 0 aliphatic heterocycles. The largest absolute Gasteiger partial charge is 0.484 e. The van der Waals surface area contributed by atoms with Gasteiger partial charge in [0.05, 0.1) is 4.47 Å². The zero-order chi connectivity index (χ0) is 14.8. The summed E-state index contributed by atoms with van der Waals surface area (Å²) < 4.78 is 6.32. The second kappa shape index (κ2) is 6.20. The number of hydrogen-bond acceptors (Lipinski definition) is 2. The number of rotatable bonds is 4. The van der Waals surface area contributed by atoms with E-state index in [0.717, 1.165) is 22.9 Å². The molecule has 0 spiro atoms. The molecule has 108 valence electrons. The normalized spacial score (nSPS) is 13.0. The first kappa shape index (κ1) is 14.6. The summed E-state index contributed by atoms with van der Waals surface area (Å²) in [6.07, 6.45) is 3.37. The molecule has 0 heterocycles. The highest BCUT2D eigenvalue weighted by Crippen LogP contribution is 2.28. The number of hydrogen-bond donors (Lipinski definition) is 0. The lowest BCUT2D eigenvalue weighted by Crippen LogP contribution is -2.12. The molecule has 0 atom stereocenters. The van der Waals surface area contributed by atoms with Crippen LogP contribution in [-0.2, 0) is 12.8 Å². The van der Waals surface area contributed by atoms with Gasteiger partial charge in [0.1, 0.15) is 5.75 Å². The monoisotopic (exact) mass is 364 g/mol. The number of ketones is 1. The Morgan fingerprint density at radius 3 is 2.76 bits per heavy atom. The van der Waals surface area contributed by atoms with E-state index in [9.17, 15) is 4.79 Å². The van der Waals surface area contributed by atoms with Gasteiger partial charge in [-0.05, 0) is 70.6 Å². The van der Waals surface area contributed by atoms with Gasteiger partial charge in [-0.1, -0.05) is 23.7 Å². The number of carbonyl (C=O) groups is 1. The summed E-state index contributed by atoms with van der Waals surface area (Å²) >= 11 is 9.25. The molecular weight excluding hydrogens is 352 g/mol. The first-order valence-electron chi connectivity index (χ1n) is 6.86. The van der Waals surface area contributed by atoms with Gasteiger partial charge in [0, 0.05) is 10.6 Å². The number of carbonyl (C=O) groups excluding carboxylic acids is 1. The van der Waals surface area contributed by atoms with Gasteiger partial charge in [0.2, 0.25) is 0 Å². The standard InChI is InChI=1S/C17H14BrClO2/c18-15-9-14(19)6-7-17(15)21-10-16(20)13-5-4-11-2-1-3-12(11)8-13/h4-9H,1-3,10H2. The molecule has 0 aromatic heterocycles. The van der Waals surface area contributed by atoms with E-state index in [0.29, 0.717) is 10.8 Å². The van der Waals surface area contributed by atoms with Crippen LogP contribution in [0.3, 0.4) is 0 Å². The van der Waals surface area contributed by atoms with Crippen LogP contribution >= 0.6 is 27.5 Å². The quantitative estimate of drug-likeness (QED) is 0.724. The fourth-order valence-corrected chi connectivity index (χ4v) is 3.36. The third-order valence-electron chi connectivity index (χ3n) is 3.67. The molecule has 0 fully saturated rings. The van der Waals surface area contributed by atoms with Crippen LogP contribution in [0.15, 0.2) is 40.9 Å². The zero-order valence-electron chi connectivity index (χ0n) is 11.4. The molecule has 21 heavy (non-hydrogen) atoms. The Balaban J connectivity index is 1.69.